The molecule has 1 radical (unpaired) electrons. The second kappa shape index (κ2) is 18.4. The average Bonchev–Trinajstić information content (AvgIpc) is 2.50. The first kappa shape index (κ1) is 19.4. The molecule has 0 aromatic rings. The summed E-state index contributed by atoms with van der Waals surface area (Å²) in [6.07, 6.45) is 33.6. The summed E-state index contributed by atoms with van der Waals surface area (Å²) in [7, 11) is 0. The minimum absolute atomic E-state index is 0.880. The Kier molecular flexibility index (Phi) is 17.1. The Morgan fingerprint density at radius 1 is 0.476 bits per heavy atom. The maximum atomic E-state index is 3.76. The van der Waals surface area contributed by atoms with Crippen LogP contribution in [0.25, 0.3) is 0 Å². The smallest absolute Gasteiger partial charge is 0.0169 e. The van der Waals surface area contributed by atoms with Gasteiger partial charge in [-0.25, -0.2) is 0 Å². The molecule has 0 saturated carbocycles. The predicted molar refractivity (Wildman–Crippen MR) is 98.2 cm³/mol. The number of allylic oxidation sites excluding steroid dienone is 12. The van der Waals surface area contributed by atoms with Crippen molar-refractivity contribution in [2.75, 3.05) is 0 Å². The minimum atomic E-state index is 0.880. The molecule has 0 nitrogen and oxygen atoms in total. The van der Waals surface area contributed by atoms with E-state index in [0.717, 1.165) is 44.9 Å². The first-order valence-electron chi connectivity index (χ1n) is 8.11. The molecule has 21 heavy (non-hydrogen) atoms. The molecular weight excluding hydrogens is 252 g/mol. The van der Waals surface area contributed by atoms with E-state index in [-0.39, 0.29) is 0 Å². The predicted octanol–water partition coefficient (Wildman–Crippen LogP) is 6.91. The van der Waals surface area contributed by atoms with Crippen molar-refractivity contribution >= 4 is 0 Å². The molecule has 0 aliphatic rings. The van der Waals surface area contributed by atoms with Gasteiger partial charge in [0.2, 0.25) is 0 Å². The number of rotatable bonds is 12. The van der Waals surface area contributed by atoms with Crippen molar-refractivity contribution < 1.29 is 0 Å². The van der Waals surface area contributed by atoms with Gasteiger partial charge in [0.05, 0.1) is 0 Å². The van der Waals surface area contributed by atoms with E-state index in [0.29, 0.717) is 0 Å². The Morgan fingerprint density at radius 2 is 0.762 bits per heavy atom. The molecule has 0 aromatic carbocycles. The third kappa shape index (κ3) is 18.4. The monoisotopic (exact) mass is 283 g/mol. The van der Waals surface area contributed by atoms with E-state index in [1.54, 1.807) is 0 Å². The van der Waals surface area contributed by atoms with Gasteiger partial charge in [0, 0.05) is 0 Å². The van der Waals surface area contributed by atoms with Crippen molar-refractivity contribution in [2.24, 2.45) is 0 Å². The van der Waals surface area contributed by atoms with Gasteiger partial charge in [0.15, 0.2) is 0 Å². The molecule has 0 aliphatic heterocycles. The maximum absolute atomic E-state index is 3.76. The van der Waals surface area contributed by atoms with Gasteiger partial charge in [0.25, 0.3) is 0 Å². The van der Waals surface area contributed by atoms with Gasteiger partial charge in [-0.05, 0) is 51.9 Å². The zero-order valence-electron chi connectivity index (χ0n) is 13.6. The molecule has 0 rings (SSSR count). The molecule has 0 atom stereocenters. The zero-order valence-corrected chi connectivity index (χ0v) is 13.6. The van der Waals surface area contributed by atoms with Crippen molar-refractivity contribution in [3.63, 3.8) is 0 Å². The molecule has 115 valence electrons. The van der Waals surface area contributed by atoms with Gasteiger partial charge < -0.3 is 0 Å². The Labute approximate surface area is 132 Å². The summed E-state index contributed by atoms with van der Waals surface area (Å²) in [5.74, 6) is 0. The van der Waals surface area contributed by atoms with Crippen LogP contribution in [0.15, 0.2) is 72.9 Å². The lowest BCUT2D eigenvalue weighted by Crippen LogP contribution is -1.64. The van der Waals surface area contributed by atoms with Gasteiger partial charge in [0.1, 0.15) is 0 Å². The molecule has 0 aliphatic carbocycles. The van der Waals surface area contributed by atoms with E-state index in [2.05, 4.69) is 86.8 Å². The van der Waals surface area contributed by atoms with Crippen LogP contribution in [0.2, 0.25) is 0 Å². The average molecular weight is 283 g/mol. The third-order valence-electron chi connectivity index (χ3n) is 2.76. The lowest BCUT2D eigenvalue weighted by Gasteiger charge is -1.85. The molecule has 0 saturated heterocycles. The Hall–Kier alpha value is -1.56. The SMILES string of the molecule is [CH2]C/C=C/C/C=C/C/C=C/C/C=C/C/C=C/C/C=C/CC. The van der Waals surface area contributed by atoms with E-state index in [1.807, 2.05) is 0 Å². The van der Waals surface area contributed by atoms with Gasteiger partial charge >= 0.3 is 0 Å². The molecule has 0 spiro atoms. The summed E-state index contributed by atoms with van der Waals surface area (Å²) < 4.78 is 0. The molecule has 0 heterocycles. The summed E-state index contributed by atoms with van der Waals surface area (Å²) in [5, 5.41) is 0. The molecule has 0 unspecified atom stereocenters. The van der Waals surface area contributed by atoms with Crippen LogP contribution in [0.1, 0.15) is 51.9 Å². The minimum Gasteiger partial charge on any atom is -0.0885 e. The lowest BCUT2D eigenvalue weighted by molar-refractivity contribution is 1.19. The van der Waals surface area contributed by atoms with Crippen LogP contribution in [-0.2, 0) is 0 Å². The van der Waals surface area contributed by atoms with Gasteiger partial charge in [-0.1, -0.05) is 79.8 Å². The highest BCUT2D eigenvalue weighted by atomic mass is 13.8. The quantitative estimate of drug-likeness (QED) is 0.341. The first-order chi connectivity index (χ1) is 10.4. The van der Waals surface area contributed by atoms with E-state index >= 15 is 0 Å². The molecule has 0 heteroatoms. The molecule has 0 aromatic heterocycles. The van der Waals surface area contributed by atoms with Crippen molar-refractivity contribution in [1.29, 1.82) is 0 Å². The Balaban J connectivity index is 3.47. The highest BCUT2D eigenvalue weighted by molar-refractivity contribution is 5.01. The Bertz CT molecular complexity index is 325. The largest absolute Gasteiger partial charge is 0.0885 e. The second-order valence-electron chi connectivity index (χ2n) is 4.70. The van der Waals surface area contributed by atoms with E-state index in [9.17, 15) is 0 Å². The standard InChI is InChI=1S/C21H31/c1-3-5-7-9-11-13-15-17-19-21-20-18-16-14-12-10-8-6-4-2/h5-8,11-14,17-20H,1,3-4,9-10,15-16,21H2,2H3/b7-5+,8-6+,13-11+,14-12+,19-17+,20-18+. The summed E-state index contributed by atoms with van der Waals surface area (Å²) in [6, 6.07) is 0. The van der Waals surface area contributed by atoms with Crippen molar-refractivity contribution in [2.45, 2.75) is 51.9 Å². The highest BCUT2D eigenvalue weighted by Crippen LogP contribution is 1.96. The van der Waals surface area contributed by atoms with Crippen LogP contribution in [0.4, 0.5) is 0 Å². The summed E-state index contributed by atoms with van der Waals surface area (Å²) in [6.45, 7) is 5.92. The van der Waals surface area contributed by atoms with Gasteiger partial charge in [-0.2, -0.15) is 0 Å². The van der Waals surface area contributed by atoms with Crippen molar-refractivity contribution in [3.8, 4) is 0 Å². The fourth-order valence-electron chi connectivity index (χ4n) is 1.64. The molecule has 0 fully saturated rings. The van der Waals surface area contributed by atoms with Crippen LogP contribution >= 0.6 is 0 Å². The lowest BCUT2D eigenvalue weighted by atomic mass is 10.2. The van der Waals surface area contributed by atoms with E-state index in [1.165, 1.54) is 0 Å². The number of hydrogen-bond acceptors (Lipinski definition) is 0. The van der Waals surface area contributed by atoms with Crippen LogP contribution in [-0.4, -0.2) is 0 Å². The summed E-state index contributed by atoms with van der Waals surface area (Å²) in [4.78, 5) is 0. The third-order valence-corrected chi connectivity index (χ3v) is 2.76. The van der Waals surface area contributed by atoms with Crippen LogP contribution < -0.4 is 0 Å². The van der Waals surface area contributed by atoms with Crippen molar-refractivity contribution in [3.05, 3.63) is 79.8 Å². The fraction of sp³-hybridized carbons (Fsp3) is 0.381. The maximum Gasteiger partial charge on any atom is -0.0169 e. The van der Waals surface area contributed by atoms with E-state index < -0.39 is 0 Å². The normalized spacial score (nSPS) is 13.4. The fourth-order valence-corrected chi connectivity index (χ4v) is 1.64. The van der Waals surface area contributed by atoms with Gasteiger partial charge in [-0.15, -0.1) is 0 Å². The molecule has 0 amide bonds. The summed E-state index contributed by atoms with van der Waals surface area (Å²) in [5.41, 5.74) is 0. The molecule has 0 N–H and O–H groups in total. The number of hydrogen-bond donors (Lipinski definition) is 0. The first-order valence-corrected chi connectivity index (χ1v) is 8.11. The molecule has 0 bridgehead atoms. The van der Waals surface area contributed by atoms with Crippen LogP contribution in [0.5, 0.6) is 0 Å². The highest BCUT2D eigenvalue weighted by Gasteiger charge is 1.75. The van der Waals surface area contributed by atoms with Crippen molar-refractivity contribution in [1.82, 2.24) is 0 Å². The van der Waals surface area contributed by atoms with Crippen LogP contribution in [0.3, 0.4) is 0 Å². The molecular formula is C21H31. The topological polar surface area (TPSA) is 0 Å². The van der Waals surface area contributed by atoms with E-state index in [4.69, 9.17) is 0 Å². The zero-order chi connectivity index (χ0) is 15.4. The van der Waals surface area contributed by atoms with Crippen LogP contribution in [0, 0.1) is 6.92 Å². The Morgan fingerprint density at radius 3 is 1.05 bits per heavy atom. The second-order valence-corrected chi connectivity index (χ2v) is 4.70. The van der Waals surface area contributed by atoms with Gasteiger partial charge in [-0.3, -0.25) is 0 Å². The summed E-state index contributed by atoms with van der Waals surface area (Å²) >= 11 is 0.